The second kappa shape index (κ2) is 8.25. The third-order valence-electron chi connectivity index (χ3n) is 3.69. The van der Waals surface area contributed by atoms with E-state index in [2.05, 4.69) is 64.7 Å². The minimum absolute atomic E-state index is 0.348. The maximum absolute atomic E-state index is 4.41. The van der Waals surface area contributed by atoms with Crippen molar-refractivity contribution in [2.24, 2.45) is 0 Å². The number of thiophene rings is 1. The summed E-state index contributed by atoms with van der Waals surface area (Å²) in [6.45, 7) is 10.5. The van der Waals surface area contributed by atoms with Crippen LogP contribution in [0.4, 0.5) is 5.95 Å². The van der Waals surface area contributed by atoms with Gasteiger partial charge in [-0.05, 0) is 49.6 Å². The molecule has 22 heavy (non-hydrogen) atoms. The van der Waals surface area contributed by atoms with Gasteiger partial charge in [-0.15, -0.1) is 0 Å². The van der Waals surface area contributed by atoms with Gasteiger partial charge in [0.2, 0.25) is 5.95 Å². The van der Waals surface area contributed by atoms with E-state index in [1.165, 1.54) is 5.56 Å². The molecule has 0 aromatic carbocycles. The maximum atomic E-state index is 4.41. The van der Waals surface area contributed by atoms with Crippen LogP contribution in [0.25, 0.3) is 0 Å². The quantitative estimate of drug-likeness (QED) is 0.793. The van der Waals surface area contributed by atoms with Crippen LogP contribution in [0.2, 0.25) is 0 Å². The molecule has 4 nitrogen and oxygen atoms in total. The van der Waals surface area contributed by atoms with Gasteiger partial charge in [0.25, 0.3) is 0 Å². The Balaban J connectivity index is 2.03. The Morgan fingerprint density at radius 2 is 1.82 bits per heavy atom. The molecule has 0 aliphatic heterocycles. The Labute approximate surface area is 137 Å². The molecule has 120 valence electrons. The number of anilines is 1. The number of hydrogen-bond donors (Lipinski definition) is 1. The van der Waals surface area contributed by atoms with Crippen LogP contribution in [-0.2, 0) is 13.1 Å². The molecule has 0 radical (unpaired) electrons. The second-order valence-electron chi connectivity index (χ2n) is 6.01. The first kappa shape index (κ1) is 16.9. The fourth-order valence-electron chi connectivity index (χ4n) is 2.25. The summed E-state index contributed by atoms with van der Waals surface area (Å²) >= 11 is 1.76. The molecule has 0 saturated heterocycles. The van der Waals surface area contributed by atoms with Crippen molar-refractivity contribution in [1.29, 1.82) is 0 Å². The lowest BCUT2D eigenvalue weighted by Gasteiger charge is -2.28. The zero-order valence-electron chi connectivity index (χ0n) is 13.9. The van der Waals surface area contributed by atoms with Crippen molar-refractivity contribution in [1.82, 2.24) is 14.9 Å². The fourth-order valence-corrected chi connectivity index (χ4v) is 2.91. The molecule has 2 aromatic rings. The van der Waals surface area contributed by atoms with Crippen LogP contribution in [0, 0.1) is 0 Å². The lowest BCUT2D eigenvalue weighted by Crippen LogP contribution is -2.31. The lowest BCUT2D eigenvalue weighted by atomic mass is 10.1. The van der Waals surface area contributed by atoms with E-state index < -0.39 is 0 Å². The van der Waals surface area contributed by atoms with Crippen molar-refractivity contribution in [2.75, 3.05) is 5.32 Å². The molecular formula is C17H26N4S. The highest BCUT2D eigenvalue weighted by molar-refractivity contribution is 7.07. The molecule has 0 unspecified atom stereocenters. The van der Waals surface area contributed by atoms with Crippen LogP contribution in [0.5, 0.6) is 0 Å². The Bertz CT molecular complexity index is 536. The Morgan fingerprint density at radius 1 is 1.14 bits per heavy atom. The first-order chi connectivity index (χ1) is 10.6. The largest absolute Gasteiger partial charge is 0.352 e. The van der Waals surface area contributed by atoms with Gasteiger partial charge >= 0.3 is 0 Å². The summed E-state index contributed by atoms with van der Waals surface area (Å²) in [5.74, 6) is 0.701. The van der Waals surface area contributed by atoms with Crippen LogP contribution in [0.3, 0.4) is 0 Å². The van der Waals surface area contributed by atoms with Gasteiger partial charge in [-0.25, -0.2) is 9.97 Å². The molecule has 0 aliphatic carbocycles. The van der Waals surface area contributed by atoms with Crippen molar-refractivity contribution in [2.45, 2.75) is 59.3 Å². The molecule has 1 N–H and O–H groups in total. The number of rotatable bonds is 8. The molecule has 1 atom stereocenters. The van der Waals surface area contributed by atoms with Gasteiger partial charge in [0, 0.05) is 43.1 Å². The summed E-state index contributed by atoms with van der Waals surface area (Å²) in [7, 11) is 0. The molecule has 0 fully saturated rings. The molecule has 0 saturated carbocycles. The topological polar surface area (TPSA) is 41.1 Å². The molecule has 0 spiro atoms. The maximum Gasteiger partial charge on any atom is 0.222 e. The van der Waals surface area contributed by atoms with Crippen LogP contribution >= 0.6 is 11.3 Å². The molecule has 2 aromatic heterocycles. The number of hydrogen-bond acceptors (Lipinski definition) is 5. The molecule has 2 heterocycles. The summed E-state index contributed by atoms with van der Waals surface area (Å²) in [5, 5.41) is 7.58. The SMILES string of the molecule is CC[C@H](C)N(Cc1cnc(NC(C)C)nc1)Cc1ccsc1. The van der Waals surface area contributed by atoms with Gasteiger partial charge < -0.3 is 5.32 Å². The van der Waals surface area contributed by atoms with Gasteiger partial charge in [-0.3, -0.25) is 4.90 Å². The minimum atomic E-state index is 0.348. The summed E-state index contributed by atoms with van der Waals surface area (Å²) in [5.41, 5.74) is 2.54. The van der Waals surface area contributed by atoms with E-state index in [0.29, 0.717) is 18.0 Å². The zero-order chi connectivity index (χ0) is 15.9. The number of aromatic nitrogens is 2. The summed E-state index contributed by atoms with van der Waals surface area (Å²) in [6.07, 6.45) is 5.00. The first-order valence-electron chi connectivity index (χ1n) is 7.91. The molecule has 5 heteroatoms. The Kier molecular flexibility index (Phi) is 6.34. The molecule has 2 rings (SSSR count). The number of nitrogens with zero attached hydrogens (tertiary/aromatic N) is 3. The third-order valence-corrected chi connectivity index (χ3v) is 4.42. The van der Waals surface area contributed by atoms with Gasteiger partial charge in [-0.1, -0.05) is 6.92 Å². The van der Waals surface area contributed by atoms with Crippen molar-refractivity contribution < 1.29 is 0 Å². The molecule has 0 amide bonds. The van der Waals surface area contributed by atoms with Gasteiger partial charge in [0.15, 0.2) is 0 Å². The van der Waals surface area contributed by atoms with Crippen LogP contribution in [0.1, 0.15) is 45.2 Å². The van der Waals surface area contributed by atoms with Crippen molar-refractivity contribution >= 4 is 17.3 Å². The van der Waals surface area contributed by atoms with E-state index >= 15 is 0 Å². The van der Waals surface area contributed by atoms with Crippen LogP contribution < -0.4 is 5.32 Å². The molecule has 0 bridgehead atoms. The predicted molar refractivity (Wildman–Crippen MR) is 94.1 cm³/mol. The van der Waals surface area contributed by atoms with E-state index in [0.717, 1.165) is 25.1 Å². The highest BCUT2D eigenvalue weighted by Crippen LogP contribution is 2.16. The fraction of sp³-hybridized carbons (Fsp3) is 0.529. The Hall–Kier alpha value is -1.46. The standard InChI is InChI=1S/C17H26N4S/c1-5-14(4)21(10-15-6-7-22-12-15)11-16-8-18-17(19-9-16)20-13(2)3/h6-9,12-14H,5,10-11H2,1-4H3,(H,18,19,20)/t14-/m0/s1. The van der Waals surface area contributed by atoms with Crippen molar-refractivity contribution in [3.8, 4) is 0 Å². The van der Waals surface area contributed by atoms with Crippen molar-refractivity contribution in [3.63, 3.8) is 0 Å². The lowest BCUT2D eigenvalue weighted by molar-refractivity contribution is 0.186. The molecular weight excluding hydrogens is 292 g/mol. The van der Waals surface area contributed by atoms with E-state index in [4.69, 9.17) is 0 Å². The Morgan fingerprint density at radius 3 is 2.36 bits per heavy atom. The average molecular weight is 318 g/mol. The van der Waals surface area contributed by atoms with Gasteiger partial charge in [0.1, 0.15) is 0 Å². The highest BCUT2D eigenvalue weighted by atomic mass is 32.1. The van der Waals surface area contributed by atoms with Crippen LogP contribution in [0.15, 0.2) is 29.2 Å². The minimum Gasteiger partial charge on any atom is -0.352 e. The highest BCUT2D eigenvalue weighted by Gasteiger charge is 2.14. The molecule has 0 aliphatic rings. The van der Waals surface area contributed by atoms with Crippen LogP contribution in [-0.4, -0.2) is 27.0 Å². The van der Waals surface area contributed by atoms with E-state index in [9.17, 15) is 0 Å². The monoisotopic (exact) mass is 318 g/mol. The summed E-state index contributed by atoms with van der Waals surface area (Å²) in [6, 6.07) is 3.08. The zero-order valence-corrected chi connectivity index (χ0v) is 14.7. The van der Waals surface area contributed by atoms with E-state index in [1.807, 2.05) is 12.4 Å². The average Bonchev–Trinajstić information content (AvgIpc) is 3.00. The smallest absolute Gasteiger partial charge is 0.222 e. The second-order valence-corrected chi connectivity index (χ2v) is 6.79. The van der Waals surface area contributed by atoms with E-state index in [-0.39, 0.29) is 0 Å². The van der Waals surface area contributed by atoms with E-state index in [1.54, 1.807) is 11.3 Å². The third kappa shape index (κ3) is 5.07. The van der Waals surface area contributed by atoms with Gasteiger partial charge in [0.05, 0.1) is 0 Å². The summed E-state index contributed by atoms with van der Waals surface area (Å²) < 4.78 is 0. The summed E-state index contributed by atoms with van der Waals surface area (Å²) in [4.78, 5) is 11.3. The first-order valence-corrected chi connectivity index (χ1v) is 8.85. The number of nitrogens with one attached hydrogen (secondary N) is 1. The predicted octanol–water partition coefficient (Wildman–Crippen LogP) is 4.16. The van der Waals surface area contributed by atoms with Gasteiger partial charge in [-0.2, -0.15) is 11.3 Å². The van der Waals surface area contributed by atoms with Crippen molar-refractivity contribution in [3.05, 3.63) is 40.3 Å². The normalized spacial score (nSPS) is 12.8.